The van der Waals surface area contributed by atoms with E-state index in [4.69, 9.17) is 4.74 Å². The molecule has 5 nitrogen and oxygen atoms in total. The molecule has 2 rings (SSSR count). The zero-order chi connectivity index (χ0) is 16.8. The Bertz CT molecular complexity index is 657. The maximum absolute atomic E-state index is 11.3. The third-order valence-electron chi connectivity index (χ3n) is 3.30. The van der Waals surface area contributed by atoms with Crippen LogP contribution in [0.4, 0.5) is 0 Å². The number of ketones is 1. The Kier molecular flexibility index (Phi) is 6.27. The molecule has 0 aliphatic carbocycles. The van der Waals surface area contributed by atoms with Crippen molar-refractivity contribution in [2.75, 3.05) is 20.2 Å². The second-order valence-corrected chi connectivity index (χ2v) is 6.67. The van der Waals surface area contributed by atoms with Crippen LogP contribution in [0.25, 0.3) is 0 Å². The van der Waals surface area contributed by atoms with Gasteiger partial charge < -0.3 is 9.84 Å². The second kappa shape index (κ2) is 8.19. The molecular formula is C17H22N2O3S. The molecule has 2 aromatic rings. The number of hydrogen-bond acceptors (Lipinski definition) is 6. The van der Waals surface area contributed by atoms with Gasteiger partial charge in [-0.25, -0.2) is 4.98 Å². The monoisotopic (exact) mass is 334 g/mol. The van der Waals surface area contributed by atoms with Gasteiger partial charge in [-0.1, -0.05) is 12.1 Å². The van der Waals surface area contributed by atoms with Crippen molar-refractivity contribution >= 4 is 17.1 Å². The van der Waals surface area contributed by atoms with Gasteiger partial charge in [0.2, 0.25) is 0 Å². The van der Waals surface area contributed by atoms with Crippen LogP contribution in [0.5, 0.6) is 5.75 Å². The minimum absolute atomic E-state index is 0.00529. The van der Waals surface area contributed by atoms with Crippen LogP contribution in [0, 0.1) is 6.92 Å². The number of benzene rings is 1. The molecule has 1 N–H and O–H groups in total. The number of aryl methyl sites for hydroxylation is 1. The number of hydrogen-bond donors (Lipinski definition) is 1. The lowest BCUT2D eigenvalue weighted by molar-refractivity contribution is 0.0740. The molecule has 1 aromatic carbocycles. The summed E-state index contributed by atoms with van der Waals surface area (Å²) in [5.74, 6) is 0.587. The smallest absolute Gasteiger partial charge is 0.159 e. The molecule has 124 valence electrons. The van der Waals surface area contributed by atoms with Crippen molar-refractivity contribution in [3.8, 4) is 5.75 Å². The van der Waals surface area contributed by atoms with Gasteiger partial charge in [0.25, 0.3) is 0 Å². The van der Waals surface area contributed by atoms with E-state index < -0.39 is 6.10 Å². The highest BCUT2D eigenvalue weighted by atomic mass is 32.1. The molecule has 6 heteroatoms. The summed E-state index contributed by atoms with van der Waals surface area (Å²) in [6, 6.07) is 6.99. The van der Waals surface area contributed by atoms with E-state index >= 15 is 0 Å². The second-order valence-electron chi connectivity index (χ2n) is 5.60. The van der Waals surface area contributed by atoms with Crippen molar-refractivity contribution in [2.45, 2.75) is 26.5 Å². The quantitative estimate of drug-likeness (QED) is 0.752. The van der Waals surface area contributed by atoms with Gasteiger partial charge in [-0.05, 0) is 33.0 Å². The van der Waals surface area contributed by atoms with Gasteiger partial charge in [0.15, 0.2) is 5.78 Å². The van der Waals surface area contributed by atoms with Crippen LogP contribution in [-0.2, 0) is 6.54 Å². The zero-order valence-corrected chi connectivity index (χ0v) is 14.5. The van der Waals surface area contributed by atoms with Crippen molar-refractivity contribution in [1.29, 1.82) is 0 Å². The summed E-state index contributed by atoms with van der Waals surface area (Å²) in [4.78, 5) is 17.8. The van der Waals surface area contributed by atoms with Gasteiger partial charge in [-0.2, -0.15) is 0 Å². The van der Waals surface area contributed by atoms with Crippen molar-refractivity contribution in [2.24, 2.45) is 0 Å². The number of nitrogens with zero attached hydrogens (tertiary/aromatic N) is 2. The average Bonchev–Trinajstić information content (AvgIpc) is 2.90. The fourth-order valence-corrected chi connectivity index (χ4v) is 2.84. The topological polar surface area (TPSA) is 62.7 Å². The highest BCUT2D eigenvalue weighted by Gasteiger charge is 2.11. The number of aromatic nitrogens is 1. The Labute approximate surface area is 140 Å². The number of thiazole rings is 1. The maximum Gasteiger partial charge on any atom is 0.159 e. The molecule has 1 atom stereocenters. The maximum atomic E-state index is 11.3. The van der Waals surface area contributed by atoms with Crippen molar-refractivity contribution in [1.82, 2.24) is 9.88 Å². The molecular weight excluding hydrogens is 312 g/mol. The van der Waals surface area contributed by atoms with E-state index in [-0.39, 0.29) is 12.4 Å². The van der Waals surface area contributed by atoms with Crippen LogP contribution in [0.15, 0.2) is 29.6 Å². The van der Waals surface area contributed by atoms with Crippen LogP contribution in [0.3, 0.4) is 0 Å². The van der Waals surface area contributed by atoms with E-state index in [1.807, 2.05) is 24.3 Å². The summed E-state index contributed by atoms with van der Waals surface area (Å²) in [5, 5.41) is 13.2. The first kappa shape index (κ1) is 17.6. The van der Waals surface area contributed by atoms with Gasteiger partial charge in [0.1, 0.15) is 18.5 Å². The van der Waals surface area contributed by atoms with Crippen LogP contribution in [0.2, 0.25) is 0 Å². The summed E-state index contributed by atoms with van der Waals surface area (Å²) >= 11 is 1.62. The largest absolute Gasteiger partial charge is 0.491 e. The first-order valence-electron chi connectivity index (χ1n) is 7.45. The number of aliphatic hydroxyl groups excluding tert-OH is 1. The lowest BCUT2D eigenvalue weighted by atomic mass is 10.1. The molecule has 0 aliphatic heterocycles. The lowest BCUT2D eigenvalue weighted by Gasteiger charge is -2.20. The molecule has 23 heavy (non-hydrogen) atoms. The Morgan fingerprint density at radius 2 is 2.26 bits per heavy atom. The van der Waals surface area contributed by atoms with Crippen molar-refractivity contribution in [3.63, 3.8) is 0 Å². The number of carbonyl (C=O) groups is 1. The molecule has 1 unspecified atom stereocenters. The van der Waals surface area contributed by atoms with E-state index in [0.29, 0.717) is 24.4 Å². The van der Waals surface area contributed by atoms with Crippen LogP contribution >= 0.6 is 11.3 Å². The molecule has 1 aromatic heterocycles. The van der Waals surface area contributed by atoms with Crippen molar-refractivity contribution < 1.29 is 14.6 Å². The van der Waals surface area contributed by atoms with E-state index in [1.54, 1.807) is 35.6 Å². The summed E-state index contributed by atoms with van der Waals surface area (Å²) in [6.07, 6.45) is -0.610. The number of rotatable bonds is 8. The first-order chi connectivity index (χ1) is 10.9. The van der Waals surface area contributed by atoms with E-state index in [9.17, 15) is 9.90 Å². The Morgan fingerprint density at radius 3 is 2.91 bits per heavy atom. The molecule has 0 bridgehead atoms. The molecule has 0 aliphatic rings. The van der Waals surface area contributed by atoms with Crippen LogP contribution in [0.1, 0.15) is 28.0 Å². The minimum atomic E-state index is -0.610. The summed E-state index contributed by atoms with van der Waals surface area (Å²) < 4.78 is 5.57. The summed E-state index contributed by atoms with van der Waals surface area (Å²) in [6.45, 7) is 4.86. The number of aliphatic hydroxyl groups is 1. The summed E-state index contributed by atoms with van der Waals surface area (Å²) in [5.41, 5.74) is 1.62. The van der Waals surface area contributed by atoms with Crippen molar-refractivity contribution in [3.05, 3.63) is 45.9 Å². The van der Waals surface area contributed by atoms with Gasteiger partial charge >= 0.3 is 0 Å². The van der Waals surface area contributed by atoms with Crippen LogP contribution < -0.4 is 4.74 Å². The zero-order valence-electron chi connectivity index (χ0n) is 13.7. The summed E-state index contributed by atoms with van der Waals surface area (Å²) in [7, 11) is 1.94. The molecule has 0 radical (unpaired) electrons. The molecule has 0 saturated carbocycles. The number of ether oxygens (including phenoxy) is 1. The molecule has 0 fully saturated rings. The highest BCUT2D eigenvalue weighted by molar-refractivity contribution is 7.09. The predicted octanol–water partition coefficient (Wildman–Crippen LogP) is 2.53. The Hall–Kier alpha value is -1.76. The third kappa shape index (κ3) is 5.74. The normalized spacial score (nSPS) is 12.4. The number of carbonyl (C=O) groups excluding carboxylic acids is 1. The first-order valence-corrected chi connectivity index (χ1v) is 8.33. The Morgan fingerprint density at radius 1 is 1.48 bits per heavy atom. The number of likely N-dealkylation sites (N-methyl/N-ethyl adjacent to an activating group) is 1. The fourth-order valence-electron chi connectivity index (χ4n) is 2.23. The van der Waals surface area contributed by atoms with Crippen LogP contribution in [-0.4, -0.2) is 47.1 Å². The predicted molar refractivity (Wildman–Crippen MR) is 91.1 cm³/mol. The number of Topliss-reactive ketones (excluding diaryl/α,β-unsaturated/α-hetero) is 1. The average molecular weight is 334 g/mol. The fraction of sp³-hybridized carbons (Fsp3) is 0.412. The van der Waals surface area contributed by atoms with Gasteiger partial charge in [-0.3, -0.25) is 9.69 Å². The van der Waals surface area contributed by atoms with E-state index in [1.165, 1.54) is 6.92 Å². The lowest BCUT2D eigenvalue weighted by Crippen LogP contribution is -2.32. The third-order valence-corrected chi connectivity index (χ3v) is 4.13. The Balaban J connectivity index is 1.79. The molecule has 0 saturated heterocycles. The van der Waals surface area contributed by atoms with Gasteiger partial charge in [-0.15, -0.1) is 11.3 Å². The molecule has 0 amide bonds. The standard InChI is InChI=1S/C17H22N2O3S/c1-12(20)14-5-4-6-17(7-14)22-10-16(21)9-19(3)8-15-11-23-13(2)18-15/h4-7,11,16,21H,8-10H2,1-3H3. The molecule has 1 heterocycles. The van der Waals surface area contributed by atoms with E-state index in [2.05, 4.69) is 4.98 Å². The van der Waals surface area contributed by atoms with E-state index in [0.717, 1.165) is 10.7 Å². The highest BCUT2D eigenvalue weighted by Crippen LogP contribution is 2.14. The minimum Gasteiger partial charge on any atom is -0.491 e. The SMILES string of the molecule is CC(=O)c1cccc(OCC(O)CN(C)Cc2csc(C)n2)c1. The molecule has 0 spiro atoms. The van der Waals surface area contributed by atoms with Gasteiger partial charge in [0.05, 0.1) is 10.7 Å². The van der Waals surface area contributed by atoms with Gasteiger partial charge in [0, 0.05) is 24.0 Å².